The van der Waals surface area contributed by atoms with E-state index in [2.05, 4.69) is 29.0 Å². The summed E-state index contributed by atoms with van der Waals surface area (Å²) in [6.45, 7) is 4.23. The molecule has 1 N–H and O–H groups in total. The van der Waals surface area contributed by atoms with Gasteiger partial charge in [-0.25, -0.2) is 9.97 Å². The molecule has 112 valence electrons. The van der Waals surface area contributed by atoms with Gasteiger partial charge in [0.1, 0.15) is 0 Å². The molecule has 0 saturated heterocycles. The van der Waals surface area contributed by atoms with Gasteiger partial charge in [0.15, 0.2) is 5.65 Å². The van der Waals surface area contributed by atoms with Crippen LogP contribution in [0.2, 0.25) is 0 Å². The molecule has 0 aliphatic rings. The molecule has 0 saturated carbocycles. The number of pyridine rings is 1. The summed E-state index contributed by atoms with van der Waals surface area (Å²) < 4.78 is 3.91. The van der Waals surface area contributed by atoms with Crippen molar-refractivity contribution in [2.24, 2.45) is 14.1 Å². The smallest absolute Gasteiger partial charge is 0.162 e. The van der Waals surface area contributed by atoms with Gasteiger partial charge in [-0.1, -0.05) is 6.92 Å². The van der Waals surface area contributed by atoms with Crippen LogP contribution in [0.5, 0.6) is 0 Å². The summed E-state index contributed by atoms with van der Waals surface area (Å²) in [6.07, 6.45) is 6.65. The van der Waals surface area contributed by atoms with Gasteiger partial charge in [0.05, 0.1) is 22.8 Å². The minimum Gasteiger partial charge on any atom is -0.305 e. The first-order valence-electron chi connectivity index (χ1n) is 7.42. The third kappa shape index (κ3) is 1.57. The summed E-state index contributed by atoms with van der Waals surface area (Å²) in [5, 5.41) is 9.81. The summed E-state index contributed by atoms with van der Waals surface area (Å²) in [4.78, 5) is 9.35. The second kappa shape index (κ2) is 4.43. The average Bonchev–Trinajstić information content (AvgIpc) is 3.16. The van der Waals surface area contributed by atoms with Crippen molar-refractivity contribution in [3.63, 3.8) is 0 Å². The molecule has 22 heavy (non-hydrogen) atoms. The van der Waals surface area contributed by atoms with E-state index in [1.165, 1.54) is 5.56 Å². The minimum atomic E-state index is 0.804. The Morgan fingerprint density at radius 1 is 1.23 bits per heavy atom. The van der Waals surface area contributed by atoms with Crippen molar-refractivity contribution in [2.75, 3.05) is 0 Å². The number of H-pyrrole nitrogens is 1. The molecule has 6 heteroatoms. The Bertz CT molecular complexity index is 1000. The van der Waals surface area contributed by atoms with Crippen LogP contribution < -0.4 is 0 Å². The first-order valence-corrected chi connectivity index (χ1v) is 7.42. The van der Waals surface area contributed by atoms with Crippen molar-refractivity contribution in [3.05, 3.63) is 29.8 Å². The Morgan fingerprint density at radius 2 is 2.05 bits per heavy atom. The maximum Gasteiger partial charge on any atom is 0.162 e. The maximum absolute atomic E-state index is 4.81. The van der Waals surface area contributed by atoms with E-state index in [4.69, 9.17) is 4.98 Å². The number of rotatable bonds is 2. The van der Waals surface area contributed by atoms with Crippen LogP contribution >= 0.6 is 0 Å². The minimum absolute atomic E-state index is 0.804. The van der Waals surface area contributed by atoms with Gasteiger partial charge in [-0.15, -0.1) is 0 Å². The van der Waals surface area contributed by atoms with E-state index in [-0.39, 0.29) is 0 Å². The lowest BCUT2D eigenvalue weighted by atomic mass is 10.0. The number of aryl methyl sites for hydroxylation is 3. The van der Waals surface area contributed by atoms with E-state index in [1.54, 1.807) is 0 Å². The molecule has 0 bridgehead atoms. The first-order chi connectivity index (χ1) is 10.6. The second-order valence-corrected chi connectivity index (χ2v) is 5.65. The quantitative estimate of drug-likeness (QED) is 0.618. The summed E-state index contributed by atoms with van der Waals surface area (Å²) in [6, 6.07) is 0. The van der Waals surface area contributed by atoms with E-state index in [0.29, 0.717) is 0 Å². The van der Waals surface area contributed by atoms with Gasteiger partial charge in [0.25, 0.3) is 0 Å². The molecular formula is C16H18N6. The third-order valence-corrected chi connectivity index (χ3v) is 4.46. The zero-order valence-corrected chi connectivity index (χ0v) is 13.2. The Hall–Kier alpha value is -2.63. The van der Waals surface area contributed by atoms with Crippen LogP contribution in [-0.4, -0.2) is 29.5 Å². The fraction of sp³-hybridized carbons (Fsp3) is 0.312. The maximum atomic E-state index is 4.81. The molecule has 0 amide bonds. The average molecular weight is 294 g/mol. The molecule has 0 aromatic carbocycles. The van der Waals surface area contributed by atoms with E-state index in [1.807, 2.05) is 42.0 Å². The van der Waals surface area contributed by atoms with E-state index < -0.39 is 0 Å². The highest BCUT2D eigenvalue weighted by Gasteiger charge is 2.20. The lowest BCUT2D eigenvalue weighted by molar-refractivity contribution is 0.740. The highest BCUT2D eigenvalue weighted by Crippen LogP contribution is 2.35. The lowest BCUT2D eigenvalue weighted by Crippen LogP contribution is -1.94. The van der Waals surface area contributed by atoms with Crippen molar-refractivity contribution in [1.82, 2.24) is 29.5 Å². The van der Waals surface area contributed by atoms with Gasteiger partial charge < -0.3 is 5.10 Å². The van der Waals surface area contributed by atoms with Crippen LogP contribution in [0.15, 0.2) is 18.6 Å². The van der Waals surface area contributed by atoms with Crippen molar-refractivity contribution >= 4 is 21.9 Å². The SMILES string of the molecule is CCc1c(-c2cnn(C)c2C)nc2ncc3c[nH]n(C)c3c12. The van der Waals surface area contributed by atoms with E-state index in [9.17, 15) is 0 Å². The number of hydrogen-bond donors (Lipinski definition) is 1. The molecule has 0 aliphatic carbocycles. The van der Waals surface area contributed by atoms with Gasteiger partial charge in [-0.2, -0.15) is 5.10 Å². The van der Waals surface area contributed by atoms with Gasteiger partial charge in [0.2, 0.25) is 0 Å². The monoisotopic (exact) mass is 294 g/mol. The van der Waals surface area contributed by atoms with Gasteiger partial charge >= 0.3 is 0 Å². The van der Waals surface area contributed by atoms with Crippen molar-refractivity contribution in [2.45, 2.75) is 20.3 Å². The largest absolute Gasteiger partial charge is 0.305 e. The van der Waals surface area contributed by atoms with Crippen LogP contribution in [0, 0.1) is 6.92 Å². The molecule has 0 fully saturated rings. The zero-order valence-electron chi connectivity index (χ0n) is 13.2. The number of aromatic nitrogens is 6. The zero-order chi connectivity index (χ0) is 15.4. The number of fused-ring (bicyclic) bond motifs is 3. The molecule has 6 nitrogen and oxygen atoms in total. The molecule has 4 aromatic rings. The summed E-state index contributed by atoms with van der Waals surface area (Å²) in [5.74, 6) is 0. The fourth-order valence-corrected chi connectivity index (χ4v) is 3.16. The topological polar surface area (TPSA) is 64.3 Å². The highest BCUT2D eigenvalue weighted by atomic mass is 15.3. The predicted octanol–water partition coefficient (Wildman–Crippen LogP) is 2.72. The van der Waals surface area contributed by atoms with Crippen LogP contribution in [0.3, 0.4) is 0 Å². The summed E-state index contributed by atoms with van der Waals surface area (Å²) in [5.41, 5.74) is 6.40. The number of nitrogens with zero attached hydrogens (tertiary/aromatic N) is 5. The molecule has 0 spiro atoms. The summed E-state index contributed by atoms with van der Waals surface area (Å²) in [7, 11) is 3.97. The van der Waals surface area contributed by atoms with Crippen LogP contribution in [0.25, 0.3) is 33.2 Å². The Kier molecular flexibility index (Phi) is 2.63. The molecule has 4 heterocycles. The molecule has 0 radical (unpaired) electrons. The van der Waals surface area contributed by atoms with Gasteiger partial charge in [-0.3, -0.25) is 9.36 Å². The number of hydrogen-bond acceptors (Lipinski definition) is 3. The first kappa shape index (κ1) is 13.1. The summed E-state index contributed by atoms with van der Waals surface area (Å²) >= 11 is 0. The third-order valence-electron chi connectivity index (χ3n) is 4.46. The second-order valence-electron chi connectivity index (χ2n) is 5.65. The van der Waals surface area contributed by atoms with E-state index in [0.717, 1.165) is 45.3 Å². The van der Waals surface area contributed by atoms with Gasteiger partial charge in [-0.05, 0) is 18.9 Å². The van der Waals surface area contributed by atoms with E-state index >= 15 is 0 Å². The molecule has 0 aliphatic heterocycles. The van der Waals surface area contributed by atoms with Crippen molar-refractivity contribution < 1.29 is 0 Å². The number of aromatic amines is 1. The molecular weight excluding hydrogens is 276 g/mol. The lowest BCUT2D eigenvalue weighted by Gasteiger charge is -2.03. The Labute approximate surface area is 127 Å². The predicted molar refractivity (Wildman–Crippen MR) is 86.7 cm³/mol. The molecule has 4 aromatic heterocycles. The highest BCUT2D eigenvalue weighted by molar-refractivity contribution is 6.06. The van der Waals surface area contributed by atoms with Crippen LogP contribution in [0.1, 0.15) is 18.2 Å². The Balaban J connectivity index is 2.15. The fourth-order valence-electron chi connectivity index (χ4n) is 3.16. The molecule has 0 unspecified atom stereocenters. The van der Waals surface area contributed by atoms with Gasteiger partial charge in [0, 0.05) is 43.1 Å². The van der Waals surface area contributed by atoms with Crippen LogP contribution in [-0.2, 0) is 20.5 Å². The van der Waals surface area contributed by atoms with Crippen molar-refractivity contribution in [1.29, 1.82) is 0 Å². The number of nitrogens with one attached hydrogen (secondary N) is 1. The van der Waals surface area contributed by atoms with Crippen molar-refractivity contribution in [3.8, 4) is 11.3 Å². The Morgan fingerprint density at radius 3 is 2.73 bits per heavy atom. The molecule has 4 rings (SSSR count). The van der Waals surface area contributed by atoms with Crippen LogP contribution in [0.4, 0.5) is 0 Å². The standard InChI is InChI=1S/C16H18N6/c1-5-11-13-15-10(7-18-22(15)4)6-17-16(13)20-14(11)12-8-19-21(3)9(12)2/h6-8,18H,5H2,1-4H3. The molecule has 0 atom stereocenters. The normalized spacial score (nSPS) is 11.8.